The third-order valence-corrected chi connectivity index (χ3v) is 3.99. The molecule has 0 amide bonds. The molecular formula is C4H12O3SSi2. The standard InChI is InChI=1S/C4H12O3SSi2/c5-8(6)3-1-2-4-10-7-9/h3H,1-2,4,10H2,9H3. The van der Waals surface area contributed by atoms with Crippen LogP contribution in [0.15, 0.2) is 0 Å². The van der Waals surface area contributed by atoms with Crippen LogP contribution in [-0.2, 0) is 14.4 Å². The lowest BCUT2D eigenvalue weighted by Crippen LogP contribution is -1.93. The Morgan fingerprint density at radius 1 is 1.60 bits per heavy atom. The van der Waals surface area contributed by atoms with Crippen molar-refractivity contribution in [1.82, 2.24) is 0 Å². The zero-order chi connectivity index (χ0) is 7.82. The smallest absolute Gasteiger partial charge is 0.209 e. The fourth-order valence-electron chi connectivity index (χ4n) is 0.570. The fraction of sp³-hybridized carbons (Fsp3) is 0.750. The normalized spacial score (nSPS) is 10.8. The van der Waals surface area contributed by atoms with Gasteiger partial charge in [-0.05, 0) is 18.9 Å². The minimum absolute atomic E-state index is 0.282. The summed E-state index contributed by atoms with van der Waals surface area (Å²) in [6.07, 6.45) is 1.64. The Balaban J connectivity index is 3.14. The number of hydrogen-bond acceptors (Lipinski definition) is 3. The van der Waals surface area contributed by atoms with Gasteiger partial charge in [0, 0.05) is 5.37 Å². The topological polar surface area (TPSA) is 43.4 Å². The molecule has 0 aliphatic carbocycles. The summed E-state index contributed by atoms with van der Waals surface area (Å²) >= 11 is 0. The molecule has 0 spiro atoms. The maximum atomic E-state index is 9.96. The number of hydrogen-bond donors (Lipinski definition) is 0. The molecule has 0 unspecified atom stereocenters. The highest BCUT2D eigenvalue weighted by atomic mass is 32.2. The van der Waals surface area contributed by atoms with E-state index in [9.17, 15) is 8.42 Å². The summed E-state index contributed by atoms with van der Waals surface area (Å²) in [4.78, 5) is 0. The predicted molar refractivity (Wildman–Crippen MR) is 48.6 cm³/mol. The summed E-state index contributed by atoms with van der Waals surface area (Å²) in [5.74, 6) is 0. The minimum atomic E-state index is -1.96. The third kappa shape index (κ3) is 8.08. The maximum Gasteiger partial charge on any atom is 0.209 e. The van der Waals surface area contributed by atoms with Crippen LogP contribution in [0.2, 0.25) is 6.04 Å². The Hall–Kier alpha value is 0.0838. The molecule has 3 nitrogen and oxygen atoms in total. The Morgan fingerprint density at radius 2 is 2.30 bits per heavy atom. The van der Waals surface area contributed by atoms with Crippen molar-refractivity contribution in [3.05, 3.63) is 0 Å². The summed E-state index contributed by atoms with van der Waals surface area (Å²) in [5.41, 5.74) is 0. The fourth-order valence-corrected chi connectivity index (χ4v) is 2.58. The Bertz CT molecular complexity index is 179. The molecule has 0 heterocycles. The molecule has 0 rings (SSSR count). The van der Waals surface area contributed by atoms with Crippen LogP contribution >= 0.6 is 0 Å². The largest absolute Gasteiger partial charge is 0.468 e. The van der Waals surface area contributed by atoms with E-state index in [1.54, 1.807) is 0 Å². The minimum Gasteiger partial charge on any atom is -0.468 e. The highest BCUT2D eigenvalue weighted by Crippen LogP contribution is 1.90. The zero-order valence-corrected chi connectivity index (χ0v) is 10.3. The zero-order valence-electron chi connectivity index (χ0n) is 6.04. The van der Waals surface area contributed by atoms with Crippen LogP contribution in [0.3, 0.4) is 0 Å². The molecule has 0 saturated carbocycles. The van der Waals surface area contributed by atoms with Gasteiger partial charge in [-0.1, -0.05) is 0 Å². The van der Waals surface area contributed by atoms with Gasteiger partial charge in [0.05, 0.1) is 0 Å². The Labute approximate surface area is 67.8 Å². The van der Waals surface area contributed by atoms with Gasteiger partial charge in [-0.15, -0.1) is 0 Å². The van der Waals surface area contributed by atoms with Crippen molar-refractivity contribution in [3.63, 3.8) is 0 Å². The van der Waals surface area contributed by atoms with Gasteiger partial charge in [-0.25, -0.2) is 0 Å². The van der Waals surface area contributed by atoms with E-state index in [0.29, 0.717) is 6.42 Å². The quantitative estimate of drug-likeness (QED) is 0.297. The highest BCUT2D eigenvalue weighted by Gasteiger charge is 1.85. The molecule has 0 aromatic carbocycles. The monoisotopic (exact) mass is 196 g/mol. The van der Waals surface area contributed by atoms with E-state index in [1.807, 2.05) is 0 Å². The number of unbranched alkanes of at least 4 members (excludes halogenated alkanes) is 1. The highest BCUT2D eigenvalue weighted by molar-refractivity contribution is 7.71. The van der Waals surface area contributed by atoms with Gasteiger partial charge >= 0.3 is 0 Å². The van der Waals surface area contributed by atoms with Gasteiger partial charge in [0.25, 0.3) is 0 Å². The third-order valence-electron chi connectivity index (χ3n) is 1.06. The lowest BCUT2D eigenvalue weighted by Gasteiger charge is -1.92. The molecule has 0 aromatic heterocycles. The lowest BCUT2D eigenvalue weighted by atomic mass is 10.4. The van der Waals surface area contributed by atoms with Crippen molar-refractivity contribution in [2.24, 2.45) is 0 Å². The molecule has 60 valence electrons. The molecular weight excluding hydrogens is 184 g/mol. The predicted octanol–water partition coefficient (Wildman–Crippen LogP) is -1.75. The Morgan fingerprint density at radius 3 is 2.80 bits per heavy atom. The van der Waals surface area contributed by atoms with Gasteiger partial charge in [-0.2, -0.15) is 8.42 Å². The van der Waals surface area contributed by atoms with Crippen LogP contribution in [0.4, 0.5) is 0 Å². The second kappa shape index (κ2) is 7.19. The van der Waals surface area contributed by atoms with Crippen molar-refractivity contribution in [2.45, 2.75) is 18.9 Å². The summed E-state index contributed by atoms with van der Waals surface area (Å²) in [6.45, 7) is 0. The lowest BCUT2D eigenvalue weighted by molar-refractivity contribution is 0.627. The van der Waals surface area contributed by atoms with Crippen molar-refractivity contribution < 1.29 is 12.5 Å². The molecule has 0 aromatic rings. The van der Waals surface area contributed by atoms with E-state index in [2.05, 4.69) is 0 Å². The van der Waals surface area contributed by atoms with E-state index >= 15 is 0 Å². The molecule has 0 atom stereocenters. The summed E-state index contributed by atoms with van der Waals surface area (Å²) < 4.78 is 25.0. The average molecular weight is 196 g/mol. The first kappa shape index (κ1) is 10.1. The number of rotatable bonds is 5. The average Bonchev–Trinajstić information content (AvgIpc) is 1.87. The van der Waals surface area contributed by atoms with Crippen LogP contribution in [-0.4, -0.2) is 34.0 Å². The van der Waals surface area contributed by atoms with Gasteiger partial charge in [-0.3, -0.25) is 0 Å². The second-order valence-electron chi connectivity index (χ2n) is 1.92. The van der Waals surface area contributed by atoms with E-state index in [-0.39, 0.29) is 9.76 Å². The van der Waals surface area contributed by atoms with Gasteiger partial charge < -0.3 is 4.12 Å². The summed E-state index contributed by atoms with van der Waals surface area (Å²) in [6, 6.07) is 1.09. The van der Waals surface area contributed by atoms with Crippen LogP contribution in [0.25, 0.3) is 0 Å². The molecule has 0 N–H and O–H groups in total. The van der Waals surface area contributed by atoms with Gasteiger partial charge in [0.2, 0.25) is 10.3 Å². The van der Waals surface area contributed by atoms with E-state index in [1.165, 1.54) is 5.37 Å². The van der Waals surface area contributed by atoms with E-state index in [0.717, 1.165) is 23.0 Å². The molecule has 6 heteroatoms. The molecule has 10 heavy (non-hydrogen) atoms. The molecule has 0 radical (unpaired) electrons. The molecule has 0 aliphatic heterocycles. The summed E-state index contributed by atoms with van der Waals surface area (Å²) in [7, 11) is -1.41. The van der Waals surface area contributed by atoms with Crippen molar-refractivity contribution in [3.8, 4) is 0 Å². The first-order valence-electron chi connectivity index (χ1n) is 3.17. The molecule has 0 bridgehead atoms. The van der Waals surface area contributed by atoms with Crippen molar-refractivity contribution >= 4 is 35.9 Å². The first-order chi connectivity index (χ1) is 4.77. The van der Waals surface area contributed by atoms with Crippen molar-refractivity contribution in [2.75, 3.05) is 0 Å². The second-order valence-corrected chi connectivity index (χ2v) is 6.19. The Kier molecular flexibility index (Phi) is 7.25. The van der Waals surface area contributed by atoms with E-state index in [4.69, 9.17) is 4.12 Å². The SMILES string of the molecule is O=S(=O)=CCCC[SiH2]O[SiH3]. The molecule has 0 fully saturated rings. The van der Waals surface area contributed by atoms with E-state index < -0.39 is 10.3 Å². The van der Waals surface area contributed by atoms with Crippen LogP contribution in [0.5, 0.6) is 0 Å². The van der Waals surface area contributed by atoms with Crippen molar-refractivity contribution in [1.29, 1.82) is 0 Å². The van der Waals surface area contributed by atoms with Gasteiger partial charge in [0.1, 0.15) is 20.2 Å². The molecule has 0 aliphatic rings. The summed E-state index contributed by atoms with van der Waals surface area (Å²) in [5, 5.41) is 1.31. The van der Waals surface area contributed by atoms with Crippen LogP contribution in [0, 0.1) is 0 Å². The maximum absolute atomic E-state index is 9.96. The van der Waals surface area contributed by atoms with Crippen LogP contribution < -0.4 is 0 Å². The van der Waals surface area contributed by atoms with Gasteiger partial charge in [0.15, 0.2) is 0 Å². The molecule has 0 saturated heterocycles. The van der Waals surface area contributed by atoms with Crippen LogP contribution in [0.1, 0.15) is 12.8 Å². The first-order valence-corrected chi connectivity index (χ1v) is 6.71.